The number of hydrogen-bond acceptors (Lipinski definition) is 8. The molecule has 0 unspecified atom stereocenters. The summed E-state index contributed by atoms with van der Waals surface area (Å²) in [5, 5.41) is 54.4. The maximum absolute atomic E-state index is 10.3. The van der Waals surface area contributed by atoms with Gasteiger partial charge in [-0.25, -0.2) is 4.79 Å². The summed E-state index contributed by atoms with van der Waals surface area (Å²) in [6.45, 7) is 0. The second kappa shape index (κ2) is 11.9. The first-order chi connectivity index (χ1) is 16.5. The van der Waals surface area contributed by atoms with Crippen LogP contribution in [0.1, 0.15) is 12.8 Å². The van der Waals surface area contributed by atoms with Gasteiger partial charge in [0.25, 0.3) is 0 Å². The van der Waals surface area contributed by atoms with Gasteiger partial charge in [0.1, 0.15) is 22.5 Å². The molecule has 0 aliphatic carbocycles. The van der Waals surface area contributed by atoms with Gasteiger partial charge in [0.15, 0.2) is 5.60 Å². The van der Waals surface area contributed by atoms with Crippen LogP contribution < -0.4 is 0 Å². The van der Waals surface area contributed by atoms with Crippen LogP contribution in [-0.4, -0.2) is 64.1 Å². The van der Waals surface area contributed by atoms with Crippen molar-refractivity contribution in [2.24, 2.45) is 0 Å². The summed E-state index contributed by atoms with van der Waals surface area (Å²) < 4.78 is 0. The number of para-hydroxylation sites is 2. The van der Waals surface area contributed by atoms with Crippen LogP contribution in [0.5, 0.6) is 11.5 Å². The quantitative estimate of drug-likeness (QED) is 0.244. The Balaban J connectivity index is 0.000000185. The third-order valence-corrected chi connectivity index (χ3v) is 4.51. The zero-order chi connectivity index (χ0) is 26.0. The highest BCUT2D eigenvalue weighted by molar-refractivity contribution is 5.88. The summed E-state index contributed by atoms with van der Waals surface area (Å²) >= 11 is 0. The van der Waals surface area contributed by atoms with Gasteiger partial charge >= 0.3 is 17.9 Å². The maximum atomic E-state index is 10.3. The molecule has 6 N–H and O–H groups in total. The van der Waals surface area contributed by atoms with E-state index >= 15 is 0 Å². The van der Waals surface area contributed by atoms with Crippen LogP contribution in [0.25, 0.3) is 21.8 Å². The molecule has 0 saturated heterocycles. The summed E-state index contributed by atoms with van der Waals surface area (Å²) in [7, 11) is 0. The van der Waals surface area contributed by atoms with Crippen LogP contribution in [0.15, 0.2) is 73.1 Å². The number of fused-ring (bicyclic) bond motifs is 2. The van der Waals surface area contributed by atoms with Crippen molar-refractivity contribution in [3.05, 3.63) is 73.1 Å². The van der Waals surface area contributed by atoms with E-state index in [0.717, 1.165) is 10.8 Å². The first-order valence-corrected chi connectivity index (χ1v) is 9.98. The monoisotopic (exact) mass is 482 g/mol. The molecule has 0 aliphatic rings. The summed E-state index contributed by atoms with van der Waals surface area (Å²) in [6, 6.07) is 18.3. The summed E-state index contributed by atoms with van der Waals surface area (Å²) in [4.78, 5) is 38.5. The number of carboxylic acid groups (broad SMARTS) is 3. The number of nitrogens with zero attached hydrogens (tertiary/aromatic N) is 2. The minimum absolute atomic E-state index is 0.239. The van der Waals surface area contributed by atoms with Crippen LogP contribution in [0.2, 0.25) is 0 Å². The van der Waals surface area contributed by atoms with Crippen LogP contribution in [0.3, 0.4) is 0 Å². The molecule has 4 aromatic rings. The summed E-state index contributed by atoms with van der Waals surface area (Å²) in [5.41, 5.74) is -1.41. The molecule has 4 rings (SSSR count). The molecule has 0 fully saturated rings. The van der Waals surface area contributed by atoms with Gasteiger partial charge in [0.2, 0.25) is 0 Å². The maximum Gasteiger partial charge on any atom is 0.336 e. The first-order valence-electron chi connectivity index (χ1n) is 9.98. The van der Waals surface area contributed by atoms with E-state index in [1.807, 2.05) is 36.4 Å². The molecule has 11 nitrogen and oxygen atoms in total. The highest BCUT2D eigenvalue weighted by Crippen LogP contribution is 2.21. The molecule has 0 radical (unpaired) electrons. The van der Waals surface area contributed by atoms with Crippen molar-refractivity contribution >= 4 is 39.7 Å². The van der Waals surface area contributed by atoms with Crippen molar-refractivity contribution in [1.29, 1.82) is 0 Å². The second-order valence-electron chi connectivity index (χ2n) is 7.18. The Morgan fingerprint density at radius 2 is 1.03 bits per heavy atom. The van der Waals surface area contributed by atoms with E-state index in [2.05, 4.69) is 9.97 Å². The van der Waals surface area contributed by atoms with E-state index < -0.39 is 36.4 Å². The summed E-state index contributed by atoms with van der Waals surface area (Å²) in [5.74, 6) is -4.54. The van der Waals surface area contributed by atoms with Gasteiger partial charge < -0.3 is 30.6 Å². The molecule has 0 spiro atoms. The molecule has 0 amide bonds. The Morgan fingerprint density at radius 3 is 1.34 bits per heavy atom. The van der Waals surface area contributed by atoms with Gasteiger partial charge in [0.05, 0.1) is 12.8 Å². The van der Waals surface area contributed by atoms with Crippen molar-refractivity contribution in [2.75, 3.05) is 0 Å². The Hall–Kier alpha value is -4.77. The van der Waals surface area contributed by atoms with Crippen molar-refractivity contribution in [3.63, 3.8) is 0 Å². The molecule has 182 valence electrons. The van der Waals surface area contributed by atoms with Crippen molar-refractivity contribution in [1.82, 2.24) is 9.97 Å². The molecular formula is C24H22N2O9. The van der Waals surface area contributed by atoms with Gasteiger partial charge in [-0.05, 0) is 24.3 Å². The topological polar surface area (TPSA) is 198 Å². The van der Waals surface area contributed by atoms with Crippen molar-refractivity contribution in [2.45, 2.75) is 18.4 Å². The number of rotatable bonds is 5. The molecule has 2 aromatic heterocycles. The number of phenolic OH excluding ortho intramolecular Hbond substituents is 2. The average Bonchev–Trinajstić information content (AvgIpc) is 2.80. The Kier molecular flexibility index (Phi) is 9.01. The number of hydrogen-bond donors (Lipinski definition) is 6. The molecule has 2 heterocycles. The fourth-order valence-corrected chi connectivity index (χ4v) is 2.89. The molecule has 11 heteroatoms. The lowest BCUT2D eigenvalue weighted by Crippen LogP contribution is -2.42. The first kappa shape index (κ1) is 26.5. The number of aromatic nitrogens is 2. The molecule has 2 aromatic carbocycles. The number of aromatic hydroxyl groups is 2. The third-order valence-electron chi connectivity index (χ3n) is 4.51. The van der Waals surface area contributed by atoms with Crippen LogP contribution in [0.4, 0.5) is 0 Å². The van der Waals surface area contributed by atoms with Gasteiger partial charge in [-0.3, -0.25) is 19.6 Å². The molecule has 0 aliphatic heterocycles. The van der Waals surface area contributed by atoms with E-state index in [1.165, 1.54) is 0 Å². The fourth-order valence-electron chi connectivity index (χ4n) is 2.89. The zero-order valence-electron chi connectivity index (χ0n) is 18.1. The average molecular weight is 482 g/mol. The normalized spacial score (nSPS) is 10.4. The molecule has 35 heavy (non-hydrogen) atoms. The lowest BCUT2D eigenvalue weighted by atomic mass is 9.96. The second-order valence-corrected chi connectivity index (χ2v) is 7.18. The van der Waals surface area contributed by atoms with Gasteiger partial charge in [-0.2, -0.15) is 0 Å². The minimum atomic E-state index is -2.74. The van der Waals surface area contributed by atoms with Crippen molar-refractivity contribution < 1.29 is 45.0 Å². The minimum Gasteiger partial charge on any atom is -0.506 e. The lowest BCUT2D eigenvalue weighted by Gasteiger charge is -2.18. The number of benzene rings is 2. The van der Waals surface area contributed by atoms with Gasteiger partial charge in [0, 0.05) is 23.2 Å². The van der Waals surface area contributed by atoms with Crippen molar-refractivity contribution in [3.8, 4) is 11.5 Å². The smallest absolute Gasteiger partial charge is 0.336 e. The Labute approximate surface area is 198 Å². The number of phenols is 2. The number of carbonyl (C=O) groups is 3. The SMILES string of the molecule is O=C(O)CC(O)(CC(=O)O)C(=O)O.Oc1cccc2cccnc12.Oc1cccc2cccnc12. The third kappa shape index (κ3) is 7.65. The molecular weight excluding hydrogens is 460 g/mol. The van der Waals surface area contributed by atoms with Crippen LogP contribution >= 0.6 is 0 Å². The van der Waals surface area contributed by atoms with Crippen LogP contribution in [-0.2, 0) is 14.4 Å². The Morgan fingerprint density at radius 1 is 0.657 bits per heavy atom. The van der Waals surface area contributed by atoms with E-state index in [9.17, 15) is 24.6 Å². The van der Waals surface area contributed by atoms with E-state index in [4.69, 9.17) is 20.4 Å². The van der Waals surface area contributed by atoms with E-state index in [0.29, 0.717) is 11.0 Å². The predicted octanol–water partition coefficient (Wildman–Crippen LogP) is 2.63. The predicted molar refractivity (Wildman–Crippen MR) is 124 cm³/mol. The van der Waals surface area contributed by atoms with E-state index in [-0.39, 0.29) is 11.5 Å². The number of aliphatic carboxylic acids is 3. The Bertz CT molecular complexity index is 1240. The highest BCUT2D eigenvalue weighted by atomic mass is 16.4. The zero-order valence-corrected chi connectivity index (χ0v) is 18.1. The summed E-state index contributed by atoms with van der Waals surface area (Å²) in [6.07, 6.45) is 1.05. The lowest BCUT2D eigenvalue weighted by molar-refractivity contribution is -0.170. The van der Waals surface area contributed by atoms with E-state index in [1.54, 1.807) is 36.7 Å². The van der Waals surface area contributed by atoms with Crippen LogP contribution in [0, 0.1) is 0 Å². The fraction of sp³-hybridized carbons (Fsp3) is 0.125. The number of carboxylic acids is 3. The molecule has 0 atom stereocenters. The largest absolute Gasteiger partial charge is 0.506 e. The standard InChI is InChI=1S/2C9H7NO.C6H8O7/c2*11-8-5-1-3-7-4-2-6-10-9(7)8;7-3(8)1-6(13,5(11)12)2-4(9)10/h2*1-6,11H;13H,1-2H2,(H,7,8)(H,9,10)(H,11,12). The van der Waals surface area contributed by atoms with Gasteiger partial charge in [-0.1, -0.05) is 36.4 Å². The molecule has 0 saturated carbocycles. The molecule has 0 bridgehead atoms. The number of pyridine rings is 2. The van der Waals surface area contributed by atoms with Gasteiger partial charge in [-0.15, -0.1) is 0 Å². The highest BCUT2D eigenvalue weighted by Gasteiger charge is 2.40. The number of aliphatic hydroxyl groups is 1.